The second-order valence-electron chi connectivity index (χ2n) is 2.11. The molecule has 1 aromatic carbocycles. The van der Waals surface area contributed by atoms with E-state index in [9.17, 15) is 0 Å². The minimum atomic E-state index is 0. The number of hydrogen-bond acceptors (Lipinski definition) is 0. The first-order valence-corrected chi connectivity index (χ1v) is 3.02. The molecule has 1 aromatic rings. The third-order valence-corrected chi connectivity index (χ3v) is 1.31. The molecule has 0 saturated heterocycles. The summed E-state index contributed by atoms with van der Waals surface area (Å²) in [6.07, 6.45) is 1.85. The number of rotatable bonds is 1. The second-order valence-corrected chi connectivity index (χ2v) is 2.11. The Labute approximate surface area is 84.3 Å². The summed E-state index contributed by atoms with van der Waals surface area (Å²) in [6, 6.07) is 8.28. The van der Waals surface area contributed by atoms with E-state index in [1.807, 2.05) is 6.08 Å². The molecule has 0 fully saturated rings. The number of hydrogen-bond donors (Lipinski definition) is 0. The van der Waals surface area contributed by atoms with Gasteiger partial charge in [0.2, 0.25) is 0 Å². The summed E-state index contributed by atoms with van der Waals surface area (Å²) in [6.45, 7) is 5.74. The molecule has 0 unspecified atom stereocenters. The molecule has 0 aliphatic carbocycles. The molecule has 0 atom stereocenters. The molecule has 0 radical (unpaired) electrons. The summed E-state index contributed by atoms with van der Waals surface area (Å²) in [5, 5.41) is 0. The van der Waals surface area contributed by atoms with Crippen LogP contribution in [-0.2, 0) is 0 Å². The molecule has 1 heteroatoms. The Morgan fingerprint density at radius 3 is 2.10 bits per heavy atom. The zero-order valence-electron chi connectivity index (χ0n) is 5.59. The van der Waals surface area contributed by atoms with Gasteiger partial charge in [-0.1, -0.05) is 42.5 Å². The first-order chi connectivity index (χ1) is 4.33. The fourth-order valence-corrected chi connectivity index (χ4v) is 0.703. The monoisotopic (exact) mass is 142 g/mol. The Morgan fingerprint density at radius 1 is 1.20 bits per heavy atom. The van der Waals surface area contributed by atoms with Crippen LogP contribution in [-0.4, -0.2) is 29.6 Å². The van der Waals surface area contributed by atoms with Crippen molar-refractivity contribution in [2.24, 2.45) is 0 Å². The van der Waals surface area contributed by atoms with Crippen LogP contribution in [0.5, 0.6) is 0 Å². The fourth-order valence-electron chi connectivity index (χ4n) is 0.703. The van der Waals surface area contributed by atoms with Crippen LogP contribution in [0.25, 0.3) is 6.08 Å². The van der Waals surface area contributed by atoms with E-state index >= 15 is 0 Å². The topological polar surface area (TPSA) is 0 Å². The fraction of sp³-hybridized carbons (Fsp3) is 0.111. The molecular weight excluding hydrogens is 131 g/mol. The van der Waals surface area contributed by atoms with E-state index in [1.165, 1.54) is 11.1 Å². The summed E-state index contributed by atoms with van der Waals surface area (Å²) in [4.78, 5) is 0. The number of benzene rings is 1. The van der Waals surface area contributed by atoms with E-state index < -0.39 is 0 Å². The van der Waals surface area contributed by atoms with Crippen molar-refractivity contribution in [3.05, 3.63) is 42.0 Å². The normalized spacial score (nSPS) is 8.10. The van der Waals surface area contributed by atoms with Crippen molar-refractivity contribution in [3.63, 3.8) is 0 Å². The summed E-state index contributed by atoms with van der Waals surface area (Å²) in [7, 11) is 0. The molecule has 0 spiro atoms. The molecule has 1 rings (SSSR count). The Morgan fingerprint density at radius 2 is 1.70 bits per heavy atom. The average Bonchev–Trinajstić information content (AvgIpc) is 1.90. The Bertz CT molecular complexity index is 198. The molecule has 0 aromatic heterocycles. The van der Waals surface area contributed by atoms with Gasteiger partial charge in [-0.15, -0.1) is 0 Å². The molecule has 48 valence electrons. The van der Waals surface area contributed by atoms with Crippen LogP contribution in [0.15, 0.2) is 30.8 Å². The Kier molecular flexibility index (Phi) is 4.71. The zero-order chi connectivity index (χ0) is 6.69. The van der Waals surface area contributed by atoms with Crippen molar-refractivity contribution in [2.75, 3.05) is 0 Å². The predicted octanol–water partition coefficient (Wildman–Crippen LogP) is 1.99. The van der Waals surface area contributed by atoms with E-state index in [0.717, 1.165) is 0 Å². The minimum absolute atomic E-state index is 0. The van der Waals surface area contributed by atoms with E-state index in [1.54, 1.807) is 0 Å². The second kappa shape index (κ2) is 4.73. The van der Waals surface area contributed by atoms with Crippen LogP contribution >= 0.6 is 0 Å². The van der Waals surface area contributed by atoms with Crippen molar-refractivity contribution < 1.29 is 0 Å². The van der Waals surface area contributed by atoms with Crippen LogP contribution in [0.4, 0.5) is 0 Å². The van der Waals surface area contributed by atoms with Gasteiger partial charge >= 0.3 is 29.6 Å². The first kappa shape index (κ1) is 9.96. The zero-order valence-corrected chi connectivity index (χ0v) is 5.59. The Balaban J connectivity index is 0.000000810. The van der Waals surface area contributed by atoms with Gasteiger partial charge < -0.3 is 0 Å². The van der Waals surface area contributed by atoms with Gasteiger partial charge in [0.1, 0.15) is 0 Å². The molecule has 0 aliphatic rings. The summed E-state index contributed by atoms with van der Waals surface area (Å²) in [5.74, 6) is 0. The summed E-state index contributed by atoms with van der Waals surface area (Å²) < 4.78 is 0. The molecule has 0 nitrogen and oxygen atoms in total. The van der Waals surface area contributed by atoms with Crippen LogP contribution in [0, 0.1) is 6.92 Å². The van der Waals surface area contributed by atoms with Gasteiger partial charge in [-0.3, -0.25) is 0 Å². The van der Waals surface area contributed by atoms with Crippen molar-refractivity contribution in [3.8, 4) is 0 Å². The summed E-state index contributed by atoms with van der Waals surface area (Å²) in [5.41, 5.74) is 2.47. The standard InChI is InChI=1S/C9H10.Na.H/c1-3-9-6-4-8(2)5-7-9;;/h3-7H,1H2,2H3;;. The molecule has 0 saturated carbocycles. The third kappa shape index (κ3) is 2.70. The van der Waals surface area contributed by atoms with Crippen molar-refractivity contribution in [2.45, 2.75) is 6.92 Å². The molecule has 0 bridgehead atoms. The third-order valence-electron chi connectivity index (χ3n) is 1.31. The molecule has 0 aliphatic heterocycles. The van der Waals surface area contributed by atoms with Crippen LogP contribution in [0.1, 0.15) is 11.1 Å². The quantitative estimate of drug-likeness (QED) is 0.526. The first-order valence-electron chi connectivity index (χ1n) is 3.02. The van der Waals surface area contributed by atoms with Crippen molar-refractivity contribution in [1.29, 1.82) is 0 Å². The molecule has 0 N–H and O–H groups in total. The van der Waals surface area contributed by atoms with Gasteiger partial charge in [-0.2, -0.15) is 0 Å². The van der Waals surface area contributed by atoms with Crippen LogP contribution in [0.2, 0.25) is 0 Å². The van der Waals surface area contributed by atoms with Gasteiger partial charge in [-0.05, 0) is 12.5 Å². The SMILES string of the molecule is C=Cc1ccc(C)cc1.[NaH]. The Hall–Kier alpha value is -0.0400. The van der Waals surface area contributed by atoms with Gasteiger partial charge in [-0.25, -0.2) is 0 Å². The van der Waals surface area contributed by atoms with E-state index in [2.05, 4.69) is 37.8 Å². The predicted molar refractivity (Wildman–Crippen MR) is 48.4 cm³/mol. The maximum atomic E-state index is 3.66. The summed E-state index contributed by atoms with van der Waals surface area (Å²) >= 11 is 0. The average molecular weight is 142 g/mol. The van der Waals surface area contributed by atoms with E-state index in [-0.39, 0.29) is 29.6 Å². The van der Waals surface area contributed by atoms with E-state index in [0.29, 0.717) is 0 Å². The maximum absolute atomic E-state index is 3.66. The molecule has 0 amide bonds. The van der Waals surface area contributed by atoms with Gasteiger partial charge in [0.15, 0.2) is 0 Å². The van der Waals surface area contributed by atoms with Crippen molar-refractivity contribution in [1.82, 2.24) is 0 Å². The van der Waals surface area contributed by atoms with E-state index in [4.69, 9.17) is 0 Å². The van der Waals surface area contributed by atoms with Crippen molar-refractivity contribution >= 4 is 35.6 Å². The molecular formula is C9H11Na. The molecule has 0 heterocycles. The van der Waals surface area contributed by atoms with Gasteiger partial charge in [0.05, 0.1) is 0 Å². The van der Waals surface area contributed by atoms with Gasteiger partial charge in [0.25, 0.3) is 0 Å². The van der Waals surface area contributed by atoms with Crippen LogP contribution < -0.4 is 0 Å². The van der Waals surface area contributed by atoms with Gasteiger partial charge in [0, 0.05) is 0 Å². The number of aryl methyl sites for hydroxylation is 1. The van der Waals surface area contributed by atoms with Crippen LogP contribution in [0.3, 0.4) is 0 Å². The molecule has 10 heavy (non-hydrogen) atoms.